The fraction of sp³-hybridized carbons (Fsp3) is 0.253. The number of imidazole rings is 1. The van der Waals surface area contributed by atoms with Crippen molar-refractivity contribution in [3.05, 3.63) is 297 Å². The van der Waals surface area contributed by atoms with Crippen molar-refractivity contribution >= 4 is 0 Å². The lowest BCUT2D eigenvalue weighted by Gasteiger charge is -2.38. The number of pyridine rings is 1. The molecule has 386 valence electrons. The van der Waals surface area contributed by atoms with E-state index < -0.39 is 16.4 Å². The molecule has 0 spiro atoms. The van der Waals surface area contributed by atoms with E-state index in [1.54, 1.807) is 0 Å². The van der Waals surface area contributed by atoms with E-state index in [0.29, 0.717) is 5.92 Å². The van der Waals surface area contributed by atoms with Crippen LogP contribution in [-0.2, 0) is 39.7 Å². The minimum atomic E-state index is -0.747. The molecule has 8 aromatic carbocycles. The van der Waals surface area contributed by atoms with Gasteiger partial charge in [-0.25, -0.2) is 0 Å². The molecule has 0 saturated carbocycles. The van der Waals surface area contributed by atoms with E-state index in [-0.39, 0.29) is 16.2 Å². The second-order valence-corrected chi connectivity index (χ2v) is 26.0. The molecule has 3 unspecified atom stereocenters. The summed E-state index contributed by atoms with van der Waals surface area (Å²) < 4.78 is 4.40. The minimum absolute atomic E-state index is 0.0257. The van der Waals surface area contributed by atoms with E-state index in [1.807, 2.05) is 6.20 Å². The van der Waals surface area contributed by atoms with Crippen LogP contribution in [0.15, 0.2) is 207 Å². The highest BCUT2D eigenvalue weighted by atomic mass is 15.2. The van der Waals surface area contributed by atoms with Crippen LogP contribution in [0.1, 0.15) is 166 Å². The zero-order chi connectivity index (χ0) is 54.3. The van der Waals surface area contributed by atoms with Gasteiger partial charge in [0.25, 0.3) is 0 Å². The molecule has 3 aliphatic rings. The first-order valence-electron chi connectivity index (χ1n) is 28.2. The molecular weight excluding hydrogens is 943 g/mol. The molecule has 13 rings (SSSR count). The number of rotatable bonds is 7. The molecule has 2 heterocycles. The molecule has 0 N–H and O–H groups in total. The number of fused-ring (bicyclic) bond motifs is 9. The first-order chi connectivity index (χ1) is 37.3. The standard InChI is InChI=1S/C75H71N3/c1-48(2)49-37-38-76-69(41-49)74(64-29-17-14-26-58(64)61-45-51(71(6,7)8)32-35-66(61)74)55-23-19-21-53(42-55)73(63-28-16-13-25-57(63)60-44-50(70(3,4)5)31-34-65(60)73)54-22-20-24-56(43-54)75(78-40-39-77(12)47-78)67-30-18-15-27-59(67)62-46-52(72(9,10)11)33-36-68(62)75/h13-46,48H,1-12H3. The predicted molar refractivity (Wildman–Crippen MR) is 321 cm³/mol. The van der Waals surface area contributed by atoms with Gasteiger partial charge in [-0.2, -0.15) is 0 Å². The summed E-state index contributed by atoms with van der Waals surface area (Å²) in [5.41, 5.74) is 24.0. The fourth-order valence-electron chi connectivity index (χ4n) is 14.0. The summed E-state index contributed by atoms with van der Waals surface area (Å²) in [7, 11) is 2.08. The molecule has 10 aromatic rings. The van der Waals surface area contributed by atoms with Gasteiger partial charge in [-0.05, 0) is 147 Å². The van der Waals surface area contributed by atoms with Crippen molar-refractivity contribution in [2.45, 2.75) is 115 Å². The van der Waals surface area contributed by atoms with Gasteiger partial charge in [-0.15, -0.1) is 0 Å². The van der Waals surface area contributed by atoms with Crippen LogP contribution in [0.4, 0.5) is 0 Å². The zero-order valence-electron chi connectivity index (χ0n) is 47.5. The Kier molecular flexibility index (Phi) is 11.0. The minimum Gasteiger partial charge on any atom is -0.354 e. The second kappa shape index (κ2) is 17.3. The normalized spacial score (nSPS) is 19.0. The highest BCUT2D eigenvalue weighted by Gasteiger charge is 2.53. The second-order valence-electron chi connectivity index (χ2n) is 26.0. The van der Waals surface area contributed by atoms with Crippen LogP contribution in [0.3, 0.4) is 0 Å². The third-order valence-corrected chi connectivity index (χ3v) is 18.0. The molecule has 0 fully saturated rings. The molecule has 3 nitrogen and oxygen atoms in total. The highest BCUT2D eigenvalue weighted by Crippen LogP contribution is 2.61. The maximum absolute atomic E-state index is 5.47. The summed E-state index contributed by atoms with van der Waals surface area (Å²) in [5.74, 6) is 0.323. The van der Waals surface area contributed by atoms with Crippen molar-refractivity contribution in [3.8, 4) is 33.4 Å². The van der Waals surface area contributed by atoms with Crippen molar-refractivity contribution in [1.82, 2.24) is 9.55 Å². The van der Waals surface area contributed by atoms with Crippen LogP contribution in [0.2, 0.25) is 0 Å². The first-order valence-corrected chi connectivity index (χ1v) is 28.2. The maximum atomic E-state index is 5.47. The smallest absolute Gasteiger partial charge is 0.204 e. The lowest BCUT2D eigenvalue weighted by molar-refractivity contribution is -0.675. The molecule has 78 heavy (non-hydrogen) atoms. The maximum Gasteiger partial charge on any atom is 0.204 e. The molecule has 0 amide bonds. The van der Waals surface area contributed by atoms with Gasteiger partial charge in [0, 0.05) is 22.9 Å². The van der Waals surface area contributed by atoms with Crippen LogP contribution in [0.25, 0.3) is 33.4 Å². The van der Waals surface area contributed by atoms with Gasteiger partial charge in [-0.1, -0.05) is 246 Å². The van der Waals surface area contributed by atoms with Gasteiger partial charge < -0.3 is 9.13 Å². The number of hydrogen-bond donors (Lipinski definition) is 0. The molecule has 3 atom stereocenters. The Morgan fingerprint density at radius 1 is 0.423 bits per heavy atom. The number of benzene rings is 8. The molecule has 2 aromatic heterocycles. The van der Waals surface area contributed by atoms with Gasteiger partial charge in [0.15, 0.2) is 5.54 Å². The van der Waals surface area contributed by atoms with Crippen molar-refractivity contribution in [1.29, 1.82) is 0 Å². The summed E-state index contributed by atoms with van der Waals surface area (Å²) in [6, 6.07) is 73.3. The Bertz CT molecular complexity index is 4050. The number of aryl methyl sites for hydroxylation is 1. The largest absolute Gasteiger partial charge is 0.354 e. The van der Waals surface area contributed by atoms with E-state index >= 15 is 0 Å². The van der Waals surface area contributed by atoms with Crippen LogP contribution < -0.4 is 4.57 Å². The molecule has 3 aliphatic carbocycles. The lowest BCUT2D eigenvalue weighted by Crippen LogP contribution is -2.38. The number of aromatic nitrogens is 3. The Hall–Kier alpha value is -7.88. The third-order valence-electron chi connectivity index (χ3n) is 18.0. The summed E-state index contributed by atoms with van der Waals surface area (Å²) >= 11 is 0. The molecule has 0 bridgehead atoms. The SMILES string of the molecule is CC(C)c1ccnc(C2(c3cccc(C4(c5cccc(C6(n7[c-][n+](C)cc7)c7ccccc7-c7cc(C(C)(C)C)ccc76)c5)c5ccccc5-c5cc(C(C)(C)C)ccc54)c3)c3ccccc3-c3cc(C(C)(C)C)ccc32)c1. The van der Waals surface area contributed by atoms with Crippen molar-refractivity contribution in [3.63, 3.8) is 0 Å². The van der Waals surface area contributed by atoms with E-state index in [2.05, 4.69) is 299 Å². The van der Waals surface area contributed by atoms with Crippen LogP contribution in [0.5, 0.6) is 0 Å². The molecule has 0 aliphatic heterocycles. The Morgan fingerprint density at radius 3 is 1.35 bits per heavy atom. The molecule has 0 saturated heterocycles. The molecular formula is C75H71N3. The van der Waals surface area contributed by atoms with Crippen molar-refractivity contribution in [2.24, 2.45) is 7.05 Å². The van der Waals surface area contributed by atoms with Gasteiger partial charge in [0.05, 0.1) is 23.6 Å². The van der Waals surface area contributed by atoms with Gasteiger partial charge in [-0.3, -0.25) is 4.98 Å². The number of hydrogen-bond acceptors (Lipinski definition) is 1. The van der Waals surface area contributed by atoms with Crippen molar-refractivity contribution < 1.29 is 4.57 Å². The summed E-state index contributed by atoms with van der Waals surface area (Å²) in [6.07, 6.45) is 10.2. The van der Waals surface area contributed by atoms with E-state index in [1.165, 1.54) is 111 Å². The Morgan fingerprint density at radius 2 is 0.833 bits per heavy atom. The van der Waals surface area contributed by atoms with Crippen LogP contribution in [-0.4, -0.2) is 9.55 Å². The van der Waals surface area contributed by atoms with Gasteiger partial charge >= 0.3 is 0 Å². The average Bonchev–Trinajstić information content (AvgIpc) is 3.54. The highest BCUT2D eigenvalue weighted by molar-refractivity contribution is 5.90. The Balaban J connectivity index is 1.14. The monoisotopic (exact) mass is 1010 g/mol. The van der Waals surface area contributed by atoms with Crippen LogP contribution >= 0.6 is 0 Å². The van der Waals surface area contributed by atoms with Gasteiger partial charge in [0.2, 0.25) is 6.33 Å². The summed E-state index contributed by atoms with van der Waals surface area (Å²) in [6.45, 7) is 25.5. The quantitative estimate of drug-likeness (QED) is 0.115. The Labute approximate surface area is 463 Å². The van der Waals surface area contributed by atoms with E-state index in [0.717, 1.165) is 5.69 Å². The summed E-state index contributed by atoms with van der Waals surface area (Å²) in [4.78, 5) is 5.47. The fourth-order valence-corrected chi connectivity index (χ4v) is 14.0. The van der Waals surface area contributed by atoms with Crippen molar-refractivity contribution in [2.75, 3.05) is 0 Å². The van der Waals surface area contributed by atoms with E-state index in [4.69, 9.17) is 4.98 Å². The molecule has 3 heteroatoms. The average molecular weight is 1010 g/mol. The predicted octanol–water partition coefficient (Wildman–Crippen LogP) is 17.1. The van der Waals surface area contributed by atoms with Crippen LogP contribution in [0, 0.1) is 6.33 Å². The topological polar surface area (TPSA) is 21.7 Å². The van der Waals surface area contributed by atoms with Gasteiger partial charge in [0.1, 0.15) is 0 Å². The summed E-state index contributed by atoms with van der Waals surface area (Å²) in [5, 5.41) is 0. The molecule has 0 radical (unpaired) electrons. The zero-order valence-corrected chi connectivity index (χ0v) is 47.5. The lowest BCUT2D eigenvalue weighted by atomic mass is 9.64. The first kappa shape index (κ1) is 49.7. The third kappa shape index (κ3) is 7.02. The number of nitrogens with zero attached hydrogens (tertiary/aromatic N) is 3. The van der Waals surface area contributed by atoms with E-state index in [9.17, 15) is 0 Å².